The molecule has 1 atom stereocenters. The van der Waals surface area contributed by atoms with Crippen LogP contribution >= 0.6 is 12.6 Å². The van der Waals surface area contributed by atoms with Gasteiger partial charge in [-0.15, -0.1) is 0 Å². The van der Waals surface area contributed by atoms with E-state index in [1.54, 1.807) is 24.3 Å². The van der Waals surface area contributed by atoms with E-state index in [9.17, 15) is 8.42 Å². The Morgan fingerprint density at radius 1 is 1.39 bits per heavy atom. The van der Waals surface area contributed by atoms with Gasteiger partial charge >= 0.3 is 0 Å². The fraction of sp³-hybridized carbons (Fsp3) is 0.500. The summed E-state index contributed by atoms with van der Waals surface area (Å²) < 4.78 is 31.4. The van der Waals surface area contributed by atoms with Gasteiger partial charge in [-0.1, -0.05) is 0 Å². The van der Waals surface area contributed by atoms with Crippen LogP contribution in [0.25, 0.3) is 0 Å². The molecule has 1 aromatic rings. The third-order valence-electron chi connectivity index (χ3n) is 2.90. The number of hydrogen-bond acceptors (Lipinski definition) is 4. The summed E-state index contributed by atoms with van der Waals surface area (Å²) in [5, 5.41) is 0.141. The van der Waals surface area contributed by atoms with Crippen molar-refractivity contribution >= 4 is 22.7 Å². The molecule has 0 aliphatic carbocycles. The molecule has 18 heavy (non-hydrogen) atoms. The van der Waals surface area contributed by atoms with E-state index in [1.807, 2.05) is 6.92 Å². The standard InChI is InChI=1S/C12H17NO3S2/c1-2-16-10-3-5-12(6-4-10)18(14,15)13-8-7-11(17)9-13/h3-6,11,17H,2,7-9H2,1H3/t11-/m0/s1. The Balaban J connectivity index is 2.19. The number of sulfonamides is 1. The molecule has 6 heteroatoms. The number of ether oxygens (including phenoxy) is 1. The molecular weight excluding hydrogens is 270 g/mol. The van der Waals surface area contributed by atoms with Gasteiger partial charge in [-0.05, 0) is 37.6 Å². The number of nitrogens with zero attached hydrogens (tertiary/aromatic N) is 1. The minimum Gasteiger partial charge on any atom is -0.494 e. The molecule has 0 spiro atoms. The first kappa shape index (κ1) is 13.7. The van der Waals surface area contributed by atoms with E-state index in [4.69, 9.17) is 4.74 Å². The van der Waals surface area contributed by atoms with E-state index in [1.165, 1.54) is 4.31 Å². The molecule has 1 saturated heterocycles. The topological polar surface area (TPSA) is 46.6 Å². The van der Waals surface area contributed by atoms with E-state index in [0.29, 0.717) is 30.3 Å². The Hall–Kier alpha value is -0.720. The Morgan fingerprint density at radius 2 is 2.06 bits per heavy atom. The molecular formula is C12H17NO3S2. The summed E-state index contributed by atoms with van der Waals surface area (Å²) in [4.78, 5) is 0.313. The number of thiol groups is 1. The highest BCUT2D eigenvalue weighted by Crippen LogP contribution is 2.24. The van der Waals surface area contributed by atoms with Crippen molar-refractivity contribution in [2.75, 3.05) is 19.7 Å². The lowest BCUT2D eigenvalue weighted by atomic mass is 10.3. The van der Waals surface area contributed by atoms with Crippen molar-refractivity contribution in [3.05, 3.63) is 24.3 Å². The summed E-state index contributed by atoms with van der Waals surface area (Å²) in [6.45, 7) is 3.49. The van der Waals surface area contributed by atoms with Gasteiger partial charge in [-0.25, -0.2) is 8.42 Å². The lowest BCUT2D eigenvalue weighted by Gasteiger charge is -2.16. The average molecular weight is 287 g/mol. The fourth-order valence-electron chi connectivity index (χ4n) is 1.95. The van der Waals surface area contributed by atoms with Crippen LogP contribution in [-0.2, 0) is 10.0 Å². The van der Waals surface area contributed by atoms with E-state index >= 15 is 0 Å². The Labute approximate surface area is 113 Å². The highest BCUT2D eigenvalue weighted by atomic mass is 32.2. The minimum absolute atomic E-state index is 0.141. The van der Waals surface area contributed by atoms with Gasteiger partial charge in [-0.2, -0.15) is 16.9 Å². The summed E-state index contributed by atoms with van der Waals surface area (Å²) in [5.41, 5.74) is 0. The molecule has 100 valence electrons. The van der Waals surface area contributed by atoms with Gasteiger partial charge in [0, 0.05) is 18.3 Å². The Morgan fingerprint density at radius 3 is 2.56 bits per heavy atom. The largest absolute Gasteiger partial charge is 0.494 e. The van der Waals surface area contributed by atoms with Crippen molar-refractivity contribution in [3.8, 4) is 5.75 Å². The van der Waals surface area contributed by atoms with Gasteiger partial charge in [0.05, 0.1) is 11.5 Å². The average Bonchev–Trinajstić information content (AvgIpc) is 2.78. The molecule has 2 rings (SSSR count). The Kier molecular flexibility index (Phi) is 4.19. The predicted molar refractivity (Wildman–Crippen MR) is 73.8 cm³/mol. The third-order valence-corrected chi connectivity index (χ3v) is 5.20. The highest BCUT2D eigenvalue weighted by molar-refractivity contribution is 7.89. The lowest BCUT2D eigenvalue weighted by Crippen LogP contribution is -2.28. The highest BCUT2D eigenvalue weighted by Gasteiger charge is 2.30. The van der Waals surface area contributed by atoms with Gasteiger partial charge < -0.3 is 4.74 Å². The summed E-state index contributed by atoms with van der Waals surface area (Å²) in [6, 6.07) is 6.55. The van der Waals surface area contributed by atoms with Crippen LogP contribution in [-0.4, -0.2) is 37.7 Å². The molecule has 0 unspecified atom stereocenters. The molecule has 1 aromatic carbocycles. The van der Waals surface area contributed by atoms with Crippen molar-refractivity contribution in [3.63, 3.8) is 0 Å². The smallest absolute Gasteiger partial charge is 0.243 e. The van der Waals surface area contributed by atoms with Gasteiger partial charge in [-0.3, -0.25) is 0 Å². The molecule has 1 fully saturated rings. The maximum Gasteiger partial charge on any atom is 0.243 e. The summed E-state index contributed by atoms with van der Waals surface area (Å²) in [6.07, 6.45) is 0.805. The van der Waals surface area contributed by atoms with Crippen molar-refractivity contribution in [2.45, 2.75) is 23.5 Å². The quantitative estimate of drug-likeness (QED) is 0.859. The molecule has 0 amide bonds. The summed E-state index contributed by atoms with van der Waals surface area (Å²) in [7, 11) is -3.37. The number of hydrogen-bond donors (Lipinski definition) is 1. The van der Waals surface area contributed by atoms with Crippen molar-refractivity contribution in [2.24, 2.45) is 0 Å². The molecule has 0 N–H and O–H groups in total. The van der Waals surface area contributed by atoms with Crippen LogP contribution in [0.5, 0.6) is 5.75 Å². The predicted octanol–water partition coefficient (Wildman–Crippen LogP) is 1.78. The van der Waals surface area contributed by atoms with Gasteiger partial charge in [0.2, 0.25) is 10.0 Å². The normalized spacial score (nSPS) is 21.1. The van der Waals surface area contributed by atoms with E-state index in [0.717, 1.165) is 6.42 Å². The SMILES string of the molecule is CCOc1ccc(S(=O)(=O)N2CC[C@H](S)C2)cc1. The maximum absolute atomic E-state index is 12.3. The maximum atomic E-state index is 12.3. The van der Waals surface area contributed by atoms with Crippen LogP contribution in [0, 0.1) is 0 Å². The molecule has 4 nitrogen and oxygen atoms in total. The summed E-state index contributed by atoms with van der Waals surface area (Å²) >= 11 is 4.31. The van der Waals surface area contributed by atoms with Gasteiger partial charge in [0.15, 0.2) is 0 Å². The van der Waals surface area contributed by atoms with Crippen LogP contribution in [0.3, 0.4) is 0 Å². The van der Waals surface area contributed by atoms with Crippen LogP contribution in [0.15, 0.2) is 29.2 Å². The summed E-state index contributed by atoms with van der Waals surface area (Å²) in [5.74, 6) is 0.685. The second-order valence-electron chi connectivity index (χ2n) is 4.21. The zero-order chi connectivity index (χ0) is 13.2. The fourth-order valence-corrected chi connectivity index (χ4v) is 3.88. The first-order valence-electron chi connectivity index (χ1n) is 5.95. The van der Waals surface area contributed by atoms with Gasteiger partial charge in [0.25, 0.3) is 0 Å². The molecule has 0 bridgehead atoms. The lowest BCUT2D eigenvalue weighted by molar-refractivity contribution is 0.340. The molecule has 0 radical (unpaired) electrons. The van der Waals surface area contributed by atoms with E-state index < -0.39 is 10.0 Å². The second kappa shape index (κ2) is 5.50. The second-order valence-corrected chi connectivity index (χ2v) is 6.88. The number of rotatable bonds is 4. The Bertz CT molecular complexity index is 499. The molecule has 1 aliphatic rings. The number of benzene rings is 1. The van der Waals surface area contributed by atoms with E-state index in [-0.39, 0.29) is 5.25 Å². The van der Waals surface area contributed by atoms with Crippen molar-refractivity contribution in [1.29, 1.82) is 0 Å². The first-order valence-corrected chi connectivity index (χ1v) is 7.90. The zero-order valence-corrected chi connectivity index (χ0v) is 12.0. The molecule has 1 heterocycles. The monoisotopic (exact) mass is 287 g/mol. The first-order chi connectivity index (χ1) is 8.54. The van der Waals surface area contributed by atoms with Crippen molar-refractivity contribution < 1.29 is 13.2 Å². The van der Waals surface area contributed by atoms with E-state index in [2.05, 4.69) is 12.6 Å². The molecule has 0 saturated carbocycles. The van der Waals surface area contributed by atoms with Crippen molar-refractivity contribution in [1.82, 2.24) is 4.31 Å². The van der Waals surface area contributed by atoms with Crippen LogP contribution in [0.1, 0.15) is 13.3 Å². The molecule has 0 aromatic heterocycles. The van der Waals surface area contributed by atoms with Crippen LogP contribution < -0.4 is 4.74 Å². The minimum atomic E-state index is -3.37. The zero-order valence-electron chi connectivity index (χ0n) is 10.2. The van der Waals surface area contributed by atoms with Gasteiger partial charge in [0.1, 0.15) is 5.75 Å². The third kappa shape index (κ3) is 2.81. The van der Waals surface area contributed by atoms with Crippen LogP contribution in [0.2, 0.25) is 0 Å². The molecule has 1 aliphatic heterocycles. The van der Waals surface area contributed by atoms with Crippen LogP contribution in [0.4, 0.5) is 0 Å².